The summed E-state index contributed by atoms with van der Waals surface area (Å²) >= 11 is 9.31. The number of hydrogen-bond donors (Lipinski definition) is 7. The van der Waals surface area contributed by atoms with Gasteiger partial charge in [0, 0.05) is 11.5 Å². The molecule has 0 aliphatic rings. The van der Waals surface area contributed by atoms with E-state index in [1.807, 2.05) is 6.26 Å². The lowest BCUT2D eigenvalue weighted by Crippen LogP contribution is -2.54. The number of thioether (sulfide) groups is 1. The Morgan fingerprint density at radius 3 is 2.20 bits per heavy atom. The summed E-state index contributed by atoms with van der Waals surface area (Å²) < 4.78 is 0. The summed E-state index contributed by atoms with van der Waals surface area (Å²) in [6, 6.07) is -2.91. The second-order valence-corrected chi connectivity index (χ2v) is 6.71. The van der Waals surface area contributed by atoms with Crippen LogP contribution in [0.15, 0.2) is 0 Å². The van der Waals surface area contributed by atoms with Gasteiger partial charge in [0.1, 0.15) is 12.1 Å². The molecule has 0 radical (unpaired) electrons. The summed E-state index contributed by atoms with van der Waals surface area (Å²) in [7, 11) is 0. The lowest BCUT2D eigenvalue weighted by Gasteiger charge is -2.20. The minimum Gasteiger partial charge on any atom is -0.480 e. The molecule has 3 amide bonds. The topological polar surface area (TPSA) is 151 Å². The van der Waals surface area contributed by atoms with Crippen LogP contribution in [-0.4, -0.2) is 77.0 Å². The molecule has 0 bridgehead atoms. The van der Waals surface area contributed by atoms with Crippen LogP contribution in [0, 0.1) is 0 Å². The Labute approximate surface area is 161 Å². The molecule has 3 unspecified atom stereocenters. The second kappa shape index (κ2) is 13.1. The van der Waals surface area contributed by atoms with E-state index < -0.39 is 41.8 Å². The van der Waals surface area contributed by atoms with Crippen molar-refractivity contribution in [3.63, 3.8) is 0 Å². The van der Waals surface area contributed by atoms with Crippen molar-refractivity contribution in [2.24, 2.45) is 5.73 Å². The van der Waals surface area contributed by atoms with Crippen LogP contribution in [0.4, 0.5) is 0 Å². The summed E-state index contributed by atoms with van der Waals surface area (Å²) in [6.07, 6.45) is 2.08. The number of aliphatic carboxylic acids is 1. The molecule has 0 heterocycles. The molecule has 0 spiro atoms. The SMILES string of the molecule is CSCCC(NC(=O)C(CS)NC(=O)CNC(=O)C(N)CS)C(=O)O. The van der Waals surface area contributed by atoms with Gasteiger partial charge in [-0.25, -0.2) is 4.79 Å². The number of carboxylic acids is 1. The number of carbonyl (C=O) groups is 4. The molecule has 0 aromatic heterocycles. The van der Waals surface area contributed by atoms with Gasteiger partial charge in [-0.15, -0.1) is 0 Å². The van der Waals surface area contributed by atoms with Crippen LogP contribution < -0.4 is 21.7 Å². The molecule has 0 rings (SSSR count). The number of carbonyl (C=O) groups excluding carboxylic acids is 3. The van der Waals surface area contributed by atoms with Crippen LogP contribution in [0.25, 0.3) is 0 Å². The Morgan fingerprint density at radius 2 is 1.72 bits per heavy atom. The highest BCUT2D eigenvalue weighted by atomic mass is 32.2. The van der Waals surface area contributed by atoms with Gasteiger partial charge in [0.2, 0.25) is 17.7 Å². The van der Waals surface area contributed by atoms with Gasteiger partial charge in [0.15, 0.2) is 0 Å². The Balaban J connectivity index is 4.54. The van der Waals surface area contributed by atoms with E-state index in [-0.39, 0.29) is 24.5 Å². The van der Waals surface area contributed by atoms with E-state index in [9.17, 15) is 19.2 Å². The fourth-order valence-corrected chi connectivity index (χ4v) is 2.48. The molecule has 3 atom stereocenters. The molecule has 0 saturated carbocycles. The largest absolute Gasteiger partial charge is 0.480 e. The van der Waals surface area contributed by atoms with Crippen molar-refractivity contribution >= 4 is 60.7 Å². The number of thiol groups is 2. The second-order valence-electron chi connectivity index (χ2n) is 4.99. The van der Waals surface area contributed by atoms with Gasteiger partial charge in [0.25, 0.3) is 0 Å². The Kier molecular flexibility index (Phi) is 12.6. The third kappa shape index (κ3) is 9.82. The van der Waals surface area contributed by atoms with Crippen molar-refractivity contribution < 1.29 is 24.3 Å². The highest BCUT2D eigenvalue weighted by Gasteiger charge is 2.25. The normalized spacial score (nSPS) is 14.1. The predicted molar refractivity (Wildman–Crippen MR) is 103 cm³/mol. The minimum absolute atomic E-state index is 0.0312. The highest BCUT2D eigenvalue weighted by Crippen LogP contribution is 2.02. The highest BCUT2D eigenvalue weighted by molar-refractivity contribution is 7.98. The molecule has 0 aliphatic carbocycles. The lowest BCUT2D eigenvalue weighted by molar-refractivity contribution is -0.142. The van der Waals surface area contributed by atoms with E-state index in [1.165, 1.54) is 11.8 Å². The number of nitrogens with one attached hydrogen (secondary N) is 3. The van der Waals surface area contributed by atoms with Crippen LogP contribution in [0.5, 0.6) is 0 Å². The molecule has 25 heavy (non-hydrogen) atoms. The molecule has 9 nitrogen and oxygen atoms in total. The maximum atomic E-state index is 12.1. The average molecular weight is 413 g/mol. The van der Waals surface area contributed by atoms with E-state index in [0.717, 1.165) is 0 Å². The first-order valence-corrected chi connectivity index (χ1v) is 9.99. The van der Waals surface area contributed by atoms with Crippen molar-refractivity contribution in [3.05, 3.63) is 0 Å². The van der Waals surface area contributed by atoms with Crippen LogP contribution in [-0.2, 0) is 19.2 Å². The fraction of sp³-hybridized carbons (Fsp3) is 0.692. The van der Waals surface area contributed by atoms with Crippen LogP contribution in [0.3, 0.4) is 0 Å². The van der Waals surface area contributed by atoms with Gasteiger partial charge in [0.05, 0.1) is 12.6 Å². The molecular formula is C13H24N4O5S3. The first-order valence-electron chi connectivity index (χ1n) is 7.33. The van der Waals surface area contributed by atoms with Gasteiger partial charge >= 0.3 is 5.97 Å². The van der Waals surface area contributed by atoms with Gasteiger partial charge in [-0.3, -0.25) is 14.4 Å². The predicted octanol–water partition coefficient (Wildman–Crippen LogP) is -1.90. The lowest BCUT2D eigenvalue weighted by atomic mass is 10.2. The average Bonchev–Trinajstić information content (AvgIpc) is 2.59. The van der Waals surface area contributed by atoms with Crippen molar-refractivity contribution in [2.45, 2.75) is 24.5 Å². The number of hydrogen-bond acceptors (Lipinski definition) is 8. The van der Waals surface area contributed by atoms with Crippen molar-refractivity contribution in [2.75, 3.05) is 30.1 Å². The van der Waals surface area contributed by atoms with Crippen LogP contribution in [0.2, 0.25) is 0 Å². The molecule has 0 saturated heterocycles. The standard InChI is InChI=1S/C13H24N4O5S3/c1-25-3-2-8(13(21)22)17-12(20)9(6-24)16-10(18)4-15-11(19)7(14)5-23/h7-9,23-24H,2-6,14H2,1H3,(H,15,19)(H,16,18)(H,17,20)(H,21,22). The van der Waals surface area contributed by atoms with Crippen molar-refractivity contribution in [3.8, 4) is 0 Å². The maximum Gasteiger partial charge on any atom is 0.326 e. The van der Waals surface area contributed by atoms with Crippen LogP contribution in [0.1, 0.15) is 6.42 Å². The zero-order valence-electron chi connectivity index (χ0n) is 13.7. The van der Waals surface area contributed by atoms with Crippen molar-refractivity contribution in [1.29, 1.82) is 0 Å². The molecule has 144 valence electrons. The maximum absolute atomic E-state index is 12.1. The summed E-state index contributed by atoms with van der Waals surface area (Å²) in [5.41, 5.74) is 5.45. The van der Waals surface area contributed by atoms with Crippen molar-refractivity contribution in [1.82, 2.24) is 16.0 Å². The minimum atomic E-state index is -1.15. The summed E-state index contributed by atoms with van der Waals surface area (Å²) in [5.74, 6) is -2.31. The monoisotopic (exact) mass is 412 g/mol. The number of nitrogens with two attached hydrogens (primary N) is 1. The zero-order valence-corrected chi connectivity index (χ0v) is 16.3. The summed E-state index contributed by atoms with van der Waals surface area (Å²) in [6.45, 7) is -0.368. The number of amides is 3. The summed E-state index contributed by atoms with van der Waals surface area (Å²) in [5, 5.41) is 16.2. The molecule has 6 N–H and O–H groups in total. The summed E-state index contributed by atoms with van der Waals surface area (Å²) in [4.78, 5) is 46.5. The van der Waals surface area contributed by atoms with Gasteiger partial charge in [-0.2, -0.15) is 37.0 Å². The molecule has 0 aromatic carbocycles. The first-order chi connectivity index (χ1) is 11.8. The fourth-order valence-electron chi connectivity index (χ4n) is 1.59. The molecule has 0 aromatic rings. The third-order valence-electron chi connectivity index (χ3n) is 3.02. The number of rotatable bonds is 12. The Hall–Kier alpha value is -1.11. The van der Waals surface area contributed by atoms with Gasteiger partial charge < -0.3 is 26.8 Å². The molecule has 12 heteroatoms. The van der Waals surface area contributed by atoms with Crippen LogP contribution >= 0.6 is 37.0 Å². The van der Waals surface area contributed by atoms with E-state index in [0.29, 0.717) is 5.75 Å². The zero-order chi connectivity index (χ0) is 19.4. The smallest absolute Gasteiger partial charge is 0.326 e. The van der Waals surface area contributed by atoms with E-state index in [1.54, 1.807) is 0 Å². The van der Waals surface area contributed by atoms with E-state index in [2.05, 4.69) is 41.2 Å². The Morgan fingerprint density at radius 1 is 1.08 bits per heavy atom. The van der Waals surface area contributed by atoms with Gasteiger partial charge in [-0.05, 0) is 18.4 Å². The van der Waals surface area contributed by atoms with E-state index in [4.69, 9.17) is 10.8 Å². The van der Waals surface area contributed by atoms with E-state index >= 15 is 0 Å². The van der Waals surface area contributed by atoms with Gasteiger partial charge in [-0.1, -0.05) is 0 Å². The first kappa shape index (κ1) is 23.9. The Bertz CT molecular complexity index is 481. The molecule has 0 aliphatic heterocycles. The molecular weight excluding hydrogens is 388 g/mol. The quantitative estimate of drug-likeness (QED) is 0.185. The third-order valence-corrected chi connectivity index (χ3v) is 4.42. The molecule has 0 fully saturated rings. The number of carboxylic acid groups (broad SMARTS) is 1.